The van der Waals surface area contributed by atoms with E-state index in [4.69, 9.17) is 19.2 Å². The number of carbonyl (C=O) groups is 10. The Balaban J connectivity index is 1.32. The second kappa shape index (κ2) is 37.8. The Morgan fingerprint density at radius 1 is 0.826 bits per heavy atom. The first-order chi connectivity index (χ1) is 43.7. The lowest BCUT2D eigenvalue weighted by molar-refractivity contribution is -0.155. The number of esters is 2. The molecule has 1 saturated carbocycles. The molecule has 2 aliphatic heterocycles. The van der Waals surface area contributed by atoms with Crippen LogP contribution in [0.4, 0.5) is 10.5 Å². The number of alkyl carbamates (subject to hydrolysis) is 1. The molecule has 512 valence electrons. The molecule has 0 bridgehead atoms. The number of hydrogen-bond donors (Lipinski definition) is 5. The molecule has 2 fully saturated rings. The van der Waals surface area contributed by atoms with Gasteiger partial charge in [0.05, 0.1) is 12.0 Å². The zero-order valence-electron chi connectivity index (χ0n) is 56.9. The van der Waals surface area contributed by atoms with Crippen LogP contribution in [-0.2, 0) is 59.0 Å². The van der Waals surface area contributed by atoms with E-state index in [9.17, 15) is 47.9 Å². The zero-order chi connectivity index (χ0) is 67.7. The number of imide groups is 1. The summed E-state index contributed by atoms with van der Waals surface area (Å²) < 4.78 is 17.4. The summed E-state index contributed by atoms with van der Waals surface area (Å²) >= 11 is 1.16. The van der Waals surface area contributed by atoms with Crippen LogP contribution in [0.3, 0.4) is 0 Å². The number of carbonyl (C=O) groups excluding carboxylic acids is 10. The maximum atomic E-state index is 14.8. The molecule has 3 aliphatic rings. The number of nitrogens with zero attached hydrogens (tertiary/aromatic N) is 4. The normalized spacial score (nSPS) is 18.9. The predicted molar refractivity (Wildman–Crippen MR) is 354 cm³/mol. The Morgan fingerprint density at radius 3 is 2.13 bits per heavy atom. The van der Waals surface area contributed by atoms with Gasteiger partial charge in [0.15, 0.2) is 6.10 Å². The third kappa shape index (κ3) is 25.3. The molecule has 1 aromatic heterocycles. The first-order valence-corrected chi connectivity index (χ1v) is 34.7. The molecule has 1 aromatic carbocycles. The molecule has 23 heteroatoms. The van der Waals surface area contributed by atoms with Gasteiger partial charge in [-0.25, -0.2) is 9.78 Å². The van der Waals surface area contributed by atoms with Gasteiger partial charge in [-0.3, -0.25) is 53.0 Å². The van der Waals surface area contributed by atoms with Crippen LogP contribution < -0.4 is 26.6 Å². The van der Waals surface area contributed by atoms with Crippen molar-refractivity contribution in [1.29, 1.82) is 0 Å². The number of thiazole rings is 1. The van der Waals surface area contributed by atoms with Crippen molar-refractivity contribution in [2.45, 2.75) is 253 Å². The average molecular weight is 1300 g/mol. The van der Waals surface area contributed by atoms with Crippen molar-refractivity contribution in [2.24, 2.45) is 23.7 Å². The van der Waals surface area contributed by atoms with E-state index in [1.165, 1.54) is 25.5 Å². The summed E-state index contributed by atoms with van der Waals surface area (Å²) in [6, 6.07) is 3.96. The van der Waals surface area contributed by atoms with Gasteiger partial charge in [0.2, 0.25) is 23.6 Å². The highest BCUT2D eigenvalue weighted by molar-refractivity contribution is 7.09. The SMILES string of the molecule is CC[C@H](C)[C@H](NC(=O)[C@H]1C[C@H](C)CCN1C)C(=O)N(CC)[C@H](C[C@@H](OC(C)=O)c1nc(C(=O)N[C@@H](Cc2ccc(NC(=O)[C@H](CCCCNC(=O)OC(C)(C)C)NC(=O)CCCCCN3C(=O)C=CC3=O)cc2)C[C@H](C)C(=O)OC2CCCCCCC2)cs1)C(C)C. The highest BCUT2D eigenvalue weighted by atomic mass is 32.1. The van der Waals surface area contributed by atoms with Crippen LogP contribution in [0.1, 0.15) is 225 Å². The molecule has 1 aliphatic carbocycles. The average Bonchev–Trinajstić information content (AvgIpc) is 1.13. The minimum atomic E-state index is -0.928. The highest BCUT2D eigenvalue weighted by Gasteiger charge is 2.39. The van der Waals surface area contributed by atoms with E-state index in [0.29, 0.717) is 74.6 Å². The van der Waals surface area contributed by atoms with Crippen LogP contribution in [0.25, 0.3) is 0 Å². The number of benzene rings is 1. The standard InChI is InChI=1S/C69H107N9O13S/c1-13-46(6)61(75-64(85)56-39-45(5)35-38-76(56)12)66(86)77(14-2)55(44(3)4)42-57(89-48(8)79)65-74-54(43-92-65)63(84)72-51(40-47(7)67(87)90-52-25-19-16-15-17-20-26-52)41-49-29-31-50(32-30-49)71-62(83)53(27-22-23-36-70-68(88)91-69(9,10)11)73-58(80)28-21-18-24-37-78-59(81)33-34-60(78)82/h29-34,43-47,51-53,55-57,61H,13-28,35-42H2,1-12H3,(H,70,88)(H,71,83)(H,72,84)(H,73,80)(H,75,85)/t45-,46+,47+,51-,53+,55-,56-,57-,61+/m1/s1. The topological polar surface area (TPSA) is 281 Å². The summed E-state index contributed by atoms with van der Waals surface area (Å²) in [7, 11) is 1.95. The molecular formula is C69H107N9O13S. The smallest absolute Gasteiger partial charge is 0.407 e. The number of piperidine rings is 1. The Kier molecular flexibility index (Phi) is 31.2. The molecule has 2 aromatic rings. The number of likely N-dealkylation sites (N-methyl/N-ethyl adjacent to an activating group) is 2. The Labute approximate surface area is 550 Å². The Morgan fingerprint density at radius 2 is 1.50 bits per heavy atom. The van der Waals surface area contributed by atoms with Gasteiger partial charge >= 0.3 is 18.0 Å². The number of rotatable bonds is 34. The zero-order valence-corrected chi connectivity index (χ0v) is 57.7. The van der Waals surface area contributed by atoms with E-state index in [1.54, 1.807) is 50.1 Å². The van der Waals surface area contributed by atoms with Crippen LogP contribution in [0.5, 0.6) is 0 Å². The number of amides is 8. The number of aromatic nitrogens is 1. The number of likely N-dealkylation sites (tertiary alicyclic amines) is 1. The molecule has 5 rings (SSSR count). The van der Waals surface area contributed by atoms with E-state index in [-0.39, 0.29) is 104 Å². The molecular weight excluding hydrogens is 1190 g/mol. The van der Waals surface area contributed by atoms with E-state index < -0.39 is 65.7 Å². The van der Waals surface area contributed by atoms with Gasteiger partial charge in [0, 0.05) is 74.7 Å². The van der Waals surface area contributed by atoms with E-state index in [1.807, 2.05) is 53.8 Å². The van der Waals surface area contributed by atoms with Gasteiger partial charge in [-0.15, -0.1) is 11.3 Å². The Bertz CT molecular complexity index is 2780. The molecule has 3 heterocycles. The van der Waals surface area contributed by atoms with Gasteiger partial charge in [0.1, 0.15) is 34.5 Å². The summed E-state index contributed by atoms with van der Waals surface area (Å²) in [5, 5.41) is 16.8. The van der Waals surface area contributed by atoms with Crippen molar-refractivity contribution in [2.75, 3.05) is 38.5 Å². The van der Waals surface area contributed by atoms with Crippen LogP contribution in [0.2, 0.25) is 0 Å². The van der Waals surface area contributed by atoms with Crippen LogP contribution >= 0.6 is 11.3 Å². The maximum absolute atomic E-state index is 14.8. The molecule has 8 amide bonds. The van der Waals surface area contributed by atoms with E-state index in [0.717, 1.165) is 73.3 Å². The fraction of sp³-hybridized carbons (Fsp3) is 0.696. The lowest BCUT2D eigenvalue weighted by atomic mass is 9.90. The molecule has 0 unspecified atom stereocenters. The first kappa shape index (κ1) is 76.0. The van der Waals surface area contributed by atoms with Crippen molar-refractivity contribution >= 4 is 76.4 Å². The largest absolute Gasteiger partial charge is 0.462 e. The van der Waals surface area contributed by atoms with Gasteiger partial charge < -0.3 is 45.7 Å². The molecule has 22 nitrogen and oxygen atoms in total. The number of unbranched alkanes of at least 4 members (excludes halogenated alkanes) is 3. The minimum absolute atomic E-state index is 0.0765. The van der Waals surface area contributed by atoms with E-state index in [2.05, 4.69) is 38.4 Å². The number of anilines is 1. The van der Waals surface area contributed by atoms with Crippen molar-refractivity contribution < 1.29 is 62.2 Å². The van der Waals surface area contributed by atoms with Gasteiger partial charge in [-0.05, 0) is 160 Å². The molecule has 92 heavy (non-hydrogen) atoms. The van der Waals surface area contributed by atoms with Gasteiger partial charge in [0.25, 0.3) is 17.7 Å². The summed E-state index contributed by atoms with van der Waals surface area (Å²) in [5.41, 5.74) is 0.636. The lowest BCUT2D eigenvalue weighted by Crippen LogP contribution is -2.59. The van der Waals surface area contributed by atoms with Crippen LogP contribution in [0, 0.1) is 23.7 Å². The van der Waals surface area contributed by atoms with Crippen molar-refractivity contribution in [1.82, 2.24) is 41.0 Å². The summed E-state index contributed by atoms with van der Waals surface area (Å²) in [6.45, 7) is 22.1. The third-order valence-corrected chi connectivity index (χ3v) is 18.6. The molecule has 9 atom stereocenters. The second-order valence-corrected chi connectivity index (χ2v) is 27.8. The van der Waals surface area contributed by atoms with Crippen molar-refractivity contribution in [3.8, 4) is 0 Å². The second-order valence-electron chi connectivity index (χ2n) is 27.0. The summed E-state index contributed by atoms with van der Waals surface area (Å²) in [6.07, 6.45) is 13.7. The molecule has 0 radical (unpaired) electrons. The maximum Gasteiger partial charge on any atom is 0.407 e. The number of nitrogens with one attached hydrogen (secondary N) is 5. The Hall–Kier alpha value is -6.75. The first-order valence-electron chi connectivity index (χ1n) is 33.8. The van der Waals surface area contributed by atoms with E-state index >= 15 is 0 Å². The highest BCUT2D eigenvalue weighted by Crippen LogP contribution is 2.33. The lowest BCUT2D eigenvalue weighted by Gasteiger charge is -2.40. The minimum Gasteiger partial charge on any atom is -0.462 e. The van der Waals surface area contributed by atoms with Crippen molar-refractivity contribution in [3.63, 3.8) is 0 Å². The predicted octanol–water partition coefficient (Wildman–Crippen LogP) is 9.90. The summed E-state index contributed by atoms with van der Waals surface area (Å²) in [5.74, 6) is -3.81. The summed E-state index contributed by atoms with van der Waals surface area (Å²) in [4.78, 5) is 143. The molecule has 1 saturated heterocycles. The fourth-order valence-corrected chi connectivity index (χ4v) is 12.9. The van der Waals surface area contributed by atoms with Crippen LogP contribution in [-0.4, -0.2) is 154 Å². The van der Waals surface area contributed by atoms with Gasteiger partial charge in [-0.1, -0.05) is 85.8 Å². The fourth-order valence-electron chi connectivity index (χ4n) is 12.1. The number of ether oxygens (including phenoxy) is 3. The molecule has 0 spiro atoms. The quantitative estimate of drug-likeness (QED) is 0.0189. The van der Waals surface area contributed by atoms with Gasteiger partial charge in [-0.2, -0.15) is 0 Å². The number of hydrogen-bond acceptors (Lipinski definition) is 16. The van der Waals surface area contributed by atoms with Crippen molar-refractivity contribution in [3.05, 3.63) is 58.1 Å². The van der Waals surface area contributed by atoms with Crippen LogP contribution in [0.15, 0.2) is 41.8 Å². The third-order valence-electron chi connectivity index (χ3n) is 17.6. The molecule has 5 N–H and O–H groups in total. The monoisotopic (exact) mass is 1300 g/mol.